The highest BCUT2D eigenvalue weighted by Gasteiger charge is 2.38. The maximum Gasteiger partial charge on any atom is 0.348 e. The van der Waals surface area contributed by atoms with Crippen LogP contribution in [0.5, 0.6) is 5.75 Å². The minimum Gasteiger partial charge on any atom is -0.491 e. The first-order valence-corrected chi connectivity index (χ1v) is 7.69. The summed E-state index contributed by atoms with van der Waals surface area (Å²) < 4.78 is 21.1. The third-order valence-electron chi connectivity index (χ3n) is 3.17. The Labute approximate surface area is 141 Å². The molecule has 24 heavy (non-hydrogen) atoms. The van der Waals surface area contributed by atoms with Crippen LogP contribution in [-0.4, -0.2) is 30.9 Å². The number of hydrogen-bond donors (Lipinski definition) is 0. The second-order valence-corrected chi connectivity index (χ2v) is 6.20. The Hall–Kier alpha value is -2.34. The maximum atomic E-state index is 12.0. The summed E-state index contributed by atoms with van der Waals surface area (Å²) >= 11 is 0. The molecule has 1 heterocycles. The molecule has 1 fully saturated rings. The number of benzene rings is 1. The van der Waals surface area contributed by atoms with Crippen molar-refractivity contribution in [2.75, 3.05) is 7.11 Å². The lowest BCUT2D eigenvalue weighted by Crippen LogP contribution is -2.41. The Morgan fingerprint density at radius 1 is 1.17 bits per heavy atom. The van der Waals surface area contributed by atoms with Crippen LogP contribution in [0.15, 0.2) is 23.8 Å². The molecular weight excluding hydrogens is 312 g/mol. The number of hydrogen-bond acceptors (Lipinski definition) is 6. The van der Waals surface area contributed by atoms with Crippen LogP contribution in [0.3, 0.4) is 0 Å². The minimum atomic E-state index is -1.25. The summed E-state index contributed by atoms with van der Waals surface area (Å²) in [6.07, 6.45) is 1.47. The fourth-order valence-electron chi connectivity index (χ4n) is 2.27. The maximum absolute atomic E-state index is 12.0. The molecule has 0 amide bonds. The van der Waals surface area contributed by atoms with E-state index >= 15 is 0 Å². The SMILES string of the molecule is COCc1cc(C=C2C(=O)OC(C)(C)OC2=O)ccc1OC(C)C. The van der Waals surface area contributed by atoms with Gasteiger partial charge in [-0.2, -0.15) is 0 Å². The van der Waals surface area contributed by atoms with Crippen molar-refractivity contribution < 1.29 is 28.5 Å². The lowest BCUT2D eigenvalue weighted by molar-refractivity contribution is -0.222. The van der Waals surface area contributed by atoms with Gasteiger partial charge in [0.25, 0.3) is 5.79 Å². The van der Waals surface area contributed by atoms with E-state index in [1.165, 1.54) is 19.9 Å². The number of esters is 2. The second-order valence-electron chi connectivity index (χ2n) is 6.20. The smallest absolute Gasteiger partial charge is 0.348 e. The standard InChI is InChI=1S/C18H22O6/c1-11(2)22-15-7-6-12(8-13(15)10-21-5)9-14-16(19)23-18(3,4)24-17(14)20/h6-9,11H,10H2,1-5H3. The highest BCUT2D eigenvalue weighted by molar-refractivity contribution is 6.18. The molecule has 0 spiro atoms. The van der Waals surface area contributed by atoms with E-state index in [-0.39, 0.29) is 11.7 Å². The van der Waals surface area contributed by atoms with Crippen LogP contribution in [0.1, 0.15) is 38.8 Å². The van der Waals surface area contributed by atoms with Gasteiger partial charge in [-0.25, -0.2) is 9.59 Å². The van der Waals surface area contributed by atoms with Crippen LogP contribution in [0.2, 0.25) is 0 Å². The van der Waals surface area contributed by atoms with E-state index in [1.54, 1.807) is 25.3 Å². The highest BCUT2D eigenvalue weighted by atomic mass is 16.7. The molecule has 0 aromatic heterocycles. The molecule has 0 N–H and O–H groups in total. The van der Waals surface area contributed by atoms with Crippen molar-refractivity contribution in [2.24, 2.45) is 0 Å². The predicted molar refractivity (Wildman–Crippen MR) is 87.2 cm³/mol. The van der Waals surface area contributed by atoms with E-state index in [1.807, 2.05) is 13.8 Å². The first-order chi connectivity index (χ1) is 11.2. The molecule has 0 radical (unpaired) electrons. The van der Waals surface area contributed by atoms with Crippen molar-refractivity contribution in [3.05, 3.63) is 34.9 Å². The van der Waals surface area contributed by atoms with E-state index < -0.39 is 17.7 Å². The first-order valence-electron chi connectivity index (χ1n) is 7.69. The summed E-state index contributed by atoms with van der Waals surface area (Å²) in [4.78, 5) is 24.0. The third kappa shape index (κ3) is 4.35. The van der Waals surface area contributed by atoms with Gasteiger partial charge < -0.3 is 18.9 Å². The molecule has 6 heteroatoms. The van der Waals surface area contributed by atoms with Gasteiger partial charge in [0.2, 0.25) is 0 Å². The third-order valence-corrected chi connectivity index (χ3v) is 3.17. The van der Waals surface area contributed by atoms with Gasteiger partial charge in [-0.15, -0.1) is 0 Å². The van der Waals surface area contributed by atoms with E-state index in [4.69, 9.17) is 18.9 Å². The van der Waals surface area contributed by atoms with Gasteiger partial charge in [0.05, 0.1) is 12.7 Å². The molecule has 1 aromatic rings. The molecule has 0 bridgehead atoms. The highest BCUT2D eigenvalue weighted by Crippen LogP contribution is 2.27. The average molecular weight is 334 g/mol. The molecule has 2 rings (SSSR count). The van der Waals surface area contributed by atoms with Crippen molar-refractivity contribution in [3.63, 3.8) is 0 Å². The Morgan fingerprint density at radius 2 is 1.79 bits per heavy atom. The van der Waals surface area contributed by atoms with Crippen LogP contribution in [0.4, 0.5) is 0 Å². The molecule has 0 unspecified atom stereocenters. The zero-order valence-corrected chi connectivity index (χ0v) is 14.5. The van der Waals surface area contributed by atoms with Crippen LogP contribution in [0, 0.1) is 0 Å². The summed E-state index contributed by atoms with van der Waals surface area (Å²) in [7, 11) is 1.59. The van der Waals surface area contributed by atoms with E-state index in [0.29, 0.717) is 17.9 Å². The van der Waals surface area contributed by atoms with Gasteiger partial charge >= 0.3 is 11.9 Å². The Balaban J connectivity index is 2.33. The lowest BCUT2D eigenvalue weighted by atomic mass is 10.1. The van der Waals surface area contributed by atoms with Gasteiger partial charge in [0.15, 0.2) is 0 Å². The average Bonchev–Trinajstić information content (AvgIpc) is 2.44. The molecule has 0 atom stereocenters. The second kappa shape index (κ2) is 7.05. The van der Waals surface area contributed by atoms with Gasteiger partial charge in [0.1, 0.15) is 11.3 Å². The quantitative estimate of drug-likeness (QED) is 0.468. The molecule has 130 valence electrons. The van der Waals surface area contributed by atoms with Crippen LogP contribution >= 0.6 is 0 Å². The number of ether oxygens (including phenoxy) is 4. The van der Waals surface area contributed by atoms with Gasteiger partial charge in [0, 0.05) is 26.5 Å². The van der Waals surface area contributed by atoms with Gasteiger partial charge in [-0.1, -0.05) is 6.07 Å². The summed E-state index contributed by atoms with van der Waals surface area (Å²) in [6.45, 7) is 7.23. The number of methoxy groups -OCH3 is 1. The van der Waals surface area contributed by atoms with Crippen molar-refractivity contribution in [1.29, 1.82) is 0 Å². The number of carbonyl (C=O) groups is 2. The monoisotopic (exact) mass is 334 g/mol. The fourth-order valence-corrected chi connectivity index (χ4v) is 2.27. The zero-order chi connectivity index (χ0) is 17.9. The predicted octanol–water partition coefficient (Wildman–Crippen LogP) is 2.84. The van der Waals surface area contributed by atoms with Crippen LogP contribution in [-0.2, 0) is 30.4 Å². The van der Waals surface area contributed by atoms with E-state index in [0.717, 1.165) is 5.56 Å². The molecule has 0 aliphatic carbocycles. The van der Waals surface area contributed by atoms with E-state index in [9.17, 15) is 9.59 Å². The zero-order valence-electron chi connectivity index (χ0n) is 14.5. The van der Waals surface area contributed by atoms with Gasteiger partial charge in [-0.3, -0.25) is 0 Å². The Morgan fingerprint density at radius 3 is 2.33 bits per heavy atom. The summed E-state index contributed by atoms with van der Waals surface area (Å²) in [5, 5.41) is 0. The van der Waals surface area contributed by atoms with Crippen molar-refractivity contribution in [2.45, 2.75) is 46.2 Å². The number of cyclic esters (lactones) is 2. The lowest BCUT2D eigenvalue weighted by Gasteiger charge is -2.29. The fraction of sp³-hybridized carbons (Fsp3) is 0.444. The summed E-state index contributed by atoms with van der Waals surface area (Å²) in [5.74, 6) is -1.95. The number of carbonyl (C=O) groups excluding carboxylic acids is 2. The molecular formula is C18H22O6. The molecule has 1 aromatic carbocycles. The largest absolute Gasteiger partial charge is 0.491 e. The van der Waals surface area contributed by atoms with Crippen molar-refractivity contribution in [1.82, 2.24) is 0 Å². The Kier molecular flexibility index (Phi) is 5.29. The molecule has 1 saturated heterocycles. The topological polar surface area (TPSA) is 71.1 Å². The molecule has 6 nitrogen and oxygen atoms in total. The molecule has 0 saturated carbocycles. The van der Waals surface area contributed by atoms with Crippen LogP contribution < -0.4 is 4.74 Å². The molecule has 1 aliphatic rings. The van der Waals surface area contributed by atoms with Crippen molar-refractivity contribution in [3.8, 4) is 5.75 Å². The van der Waals surface area contributed by atoms with Gasteiger partial charge in [-0.05, 0) is 37.6 Å². The number of rotatable bonds is 5. The normalized spacial score (nSPS) is 16.7. The Bertz CT molecular complexity index is 650. The summed E-state index contributed by atoms with van der Waals surface area (Å²) in [6, 6.07) is 5.34. The molecule has 1 aliphatic heterocycles. The summed E-state index contributed by atoms with van der Waals surface area (Å²) in [5.41, 5.74) is 1.33. The minimum absolute atomic E-state index is 0.0235. The first kappa shape index (κ1) is 18.0. The van der Waals surface area contributed by atoms with Crippen LogP contribution in [0.25, 0.3) is 6.08 Å². The van der Waals surface area contributed by atoms with E-state index in [2.05, 4.69) is 0 Å². The van der Waals surface area contributed by atoms with Crippen molar-refractivity contribution >= 4 is 18.0 Å².